The number of hydrogen-bond acceptors (Lipinski definition) is 4. The molecule has 1 heterocycles. The normalized spacial score (nSPS) is 21.8. The van der Waals surface area contributed by atoms with Crippen LogP contribution in [-0.2, 0) is 19.2 Å². The van der Waals surface area contributed by atoms with E-state index in [-0.39, 0.29) is 35.5 Å². The van der Waals surface area contributed by atoms with Crippen molar-refractivity contribution in [1.29, 1.82) is 0 Å². The van der Waals surface area contributed by atoms with Crippen LogP contribution >= 0.6 is 0 Å². The molecule has 1 aliphatic heterocycles. The Bertz CT molecular complexity index is 576. The maximum atomic E-state index is 12.3. The summed E-state index contributed by atoms with van der Waals surface area (Å²) in [6.45, 7) is 3.88. The summed E-state index contributed by atoms with van der Waals surface area (Å²) >= 11 is 0. The number of hydrogen-bond donors (Lipinski definition) is 2. The van der Waals surface area contributed by atoms with Gasteiger partial charge in [-0.15, -0.1) is 0 Å². The first-order valence-corrected chi connectivity index (χ1v) is 10.6. The van der Waals surface area contributed by atoms with Gasteiger partial charge in [-0.3, -0.25) is 24.1 Å². The minimum atomic E-state index is -0.229. The number of unbranched alkanes of at least 4 members (excludes halogenated alkanes) is 2. The van der Waals surface area contributed by atoms with E-state index in [1.54, 1.807) is 0 Å². The Morgan fingerprint density at radius 3 is 2.29 bits per heavy atom. The molecule has 156 valence electrons. The van der Waals surface area contributed by atoms with Gasteiger partial charge < -0.3 is 10.6 Å². The predicted molar refractivity (Wildman–Crippen MR) is 106 cm³/mol. The topological polar surface area (TPSA) is 95.6 Å². The van der Waals surface area contributed by atoms with Gasteiger partial charge in [0.1, 0.15) is 0 Å². The summed E-state index contributed by atoms with van der Waals surface area (Å²) in [5.41, 5.74) is 0. The number of carbonyl (C=O) groups excluding carboxylic acids is 4. The van der Waals surface area contributed by atoms with Gasteiger partial charge in [0.15, 0.2) is 0 Å². The molecule has 2 N–H and O–H groups in total. The fourth-order valence-corrected chi connectivity index (χ4v) is 3.77. The highest BCUT2D eigenvalue weighted by atomic mass is 16.2. The van der Waals surface area contributed by atoms with Crippen LogP contribution in [0.15, 0.2) is 12.2 Å². The zero-order valence-electron chi connectivity index (χ0n) is 16.9. The molecule has 0 unspecified atom stereocenters. The van der Waals surface area contributed by atoms with E-state index in [4.69, 9.17) is 0 Å². The summed E-state index contributed by atoms with van der Waals surface area (Å²) in [6.07, 6.45) is 10.1. The van der Waals surface area contributed by atoms with Crippen LogP contribution in [0.2, 0.25) is 0 Å². The largest absolute Gasteiger partial charge is 0.356 e. The van der Waals surface area contributed by atoms with Crippen LogP contribution in [0.3, 0.4) is 0 Å². The van der Waals surface area contributed by atoms with Gasteiger partial charge in [0.25, 0.3) is 11.8 Å². The van der Waals surface area contributed by atoms with Gasteiger partial charge in [0, 0.05) is 44.1 Å². The minimum absolute atomic E-state index is 0.0270. The summed E-state index contributed by atoms with van der Waals surface area (Å²) in [5.74, 6) is 0.0696. The Labute approximate surface area is 167 Å². The number of nitrogens with one attached hydrogen (secondary N) is 2. The lowest BCUT2D eigenvalue weighted by molar-refractivity contribution is -0.138. The molecule has 0 radical (unpaired) electrons. The molecule has 4 amide bonds. The van der Waals surface area contributed by atoms with Crippen molar-refractivity contribution in [1.82, 2.24) is 15.5 Å². The van der Waals surface area contributed by atoms with Gasteiger partial charge in [-0.05, 0) is 50.9 Å². The summed E-state index contributed by atoms with van der Waals surface area (Å²) < 4.78 is 0. The summed E-state index contributed by atoms with van der Waals surface area (Å²) in [5, 5.41) is 5.87. The van der Waals surface area contributed by atoms with E-state index in [9.17, 15) is 19.2 Å². The first-order valence-electron chi connectivity index (χ1n) is 10.6. The fraction of sp³-hybridized carbons (Fsp3) is 0.714. The lowest BCUT2D eigenvalue weighted by Crippen LogP contribution is -2.38. The maximum Gasteiger partial charge on any atom is 0.253 e. The quantitative estimate of drug-likeness (QED) is 0.415. The highest BCUT2D eigenvalue weighted by molar-refractivity contribution is 6.12. The second kappa shape index (κ2) is 11.6. The third kappa shape index (κ3) is 7.09. The van der Waals surface area contributed by atoms with E-state index in [1.165, 1.54) is 17.1 Å². The third-order valence-electron chi connectivity index (χ3n) is 5.51. The van der Waals surface area contributed by atoms with Crippen LogP contribution in [-0.4, -0.2) is 48.2 Å². The number of nitrogens with zero attached hydrogens (tertiary/aromatic N) is 1. The zero-order valence-corrected chi connectivity index (χ0v) is 16.9. The average Bonchev–Trinajstić information content (AvgIpc) is 3.01. The van der Waals surface area contributed by atoms with E-state index in [0.717, 1.165) is 57.9 Å². The highest BCUT2D eigenvalue weighted by Crippen LogP contribution is 2.30. The summed E-state index contributed by atoms with van der Waals surface area (Å²) in [4.78, 5) is 48.4. The van der Waals surface area contributed by atoms with Crippen molar-refractivity contribution in [3.05, 3.63) is 12.2 Å². The van der Waals surface area contributed by atoms with Crippen molar-refractivity contribution in [2.24, 2.45) is 11.8 Å². The van der Waals surface area contributed by atoms with Gasteiger partial charge in [-0.2, -0.15) is 0 Å². The van der Waals surface area contributed by atoms with Gasteiger partial charge in [0.05, 0.1) is 0 Å². The molecule has 2 aliphatic rings. The molecule has 7 nitrogen and oxygen atoms in total. The molecule has 7 heteroatoms. The Balaban J connectivity index is 1.53. The molecule has 0 atom stereocenters. The SMILES string of the molecule is CCCNC(=O)CCCCCNC(=O)C1CCC(CN2C(=O)C=CC2=O)CC1. The number of imide groups is 1. The van der Waals surface area contributed by atoms with Crippen LogP contribution < -0.4 is 10.6 Å². The molecule has 0 spiro atoms. The summed E-state index contributed by atoms with van der Waals surface area (Å²) in [7, 11) is 0. The predicted octanol–water partition coefficient (Wildman–Crippen LogP) is 1.92. The van der Waals surface area contributed by atoms with E-state index < -0.39 is 0 Å². The second-order valence-corrected chi connectivity index (χ2v) is 7.79. The van der Waals surface area contributed by atoms with E-state index >= 15 is 0 Å². The van der Waals surface area contributed by atoms with Crippen LogP contribution in [0.25, 0.3) is 0 Å². The number of amides is 4. The highest BCUT2D eigenvalue weighted by Gasteiger charge is 2.31. The Morgan fingerprint density at radius 1 is 0.964 bits per heavy atom. The van der Waals surface area contributed by atoms with Crippen molar-refractivity contribution in [3.8, 4) is 0 Å². The van der Waals surface area contributed by atoms with Crippen molar-refractivity contribution < 1.29 is 19.2 Å². The molecule has 28 heavy (non-hydrogen) atoms. The molecule has 1 saturated carbocycles. The minimum Gasteiger partial charge on any atom is -0.356 e. The van der Waals surface area contributed by atoms with Crippen molar-refractivity contribution >= 4 is 23.6 Å². The standard InChI is InChI=1S/C21H33N3O4/c1-2-13-22-18(25)6-4-3-5-14-23-21(28)17-9-7-16(8-10-17)15-24-19(26)11-12-20(24)27/h11-12,16-17H,2-10,13-15H2,1H3,(H,22,25)(H,23,28). The monoisotopic (exact) mass is 391 g/mol. The smallest absolute Gasteiger partial charge is 0.253 e. The molecule has 1 fully saturated rings. The molecule has 2 rings (SSSR count). The lowest BCUT2D eigenvalue weighted by atomic mass is 9.81. The first-order chi connectivity index (χ1) is 13.5. The lowest BCUT2D eigenvalue weighted by Gasteiger charge is -2.30. The summed E-state index contributed by atoms with van der Waals surface area (Å²) in [6, 6.07) is 0. The van der Waals surface area contributed by atoms with Gasteiger partial charge >= 0.3 is 0 Å². The van der Waals surface area contributed by atoms with Crippen LogP contribution in [0.4, 0.5) is 0 Å². The zero-order chi connectivity index (χ0) is 20.4. The molecular weight excluding hydrogens is 358 g/mol. The van der Waals surface area contributed by atoms with Crippen LogP contribution in [0.5, 0.6) is 0 Å². The Morgan fingerprint density at radius 2 is 1.64 bits per heavy atom. The van der Waals surface area contributed by atoms with Crippen LogP contribution in [0, 0.1) is 11.8 Å². The molecular formula is C21H33N3O4. The van der Waals surface area contributed by atoms with Gasteiger partial charge in [-0.1, -0.05) is 13.3 Å². The number of carbonyl (C=O) groups is 4. The molecule has 0 aromatic heterocycles. The fourth-order valence-electron chi connectivity index (χ4n) is 3.77. The van der Waals surface area contributed by atoms with E-state index in [1.807, 2.05) is 6.92 Å². The molecule has 0 aromatic rings. The molecule has 1 aliphatic carbocycles. The van der Waals surface area contributed by atoms with Crippen molar-refractivity contribution in [2.45, 2.75) is 64.7 Å². The molecule has 0 saturated heterocycles. The van der Waals surface area contributed by atoms with Crippen molar-refractivity contribution in [2.75, 3.05) is 19.6 Å². The Hall–Kier alpha value is -2.18. The molecule has 0 aromatic carbocycles. The van der Waals surface area contributed by atoms with Crippen molar-refractivity contribution in [3.63, 3.8) is 0 Å². The second-order valence-electron chi connectivity index (χ2n) is 7.79. The average molecular weight is 392 g/mol. The first kappa shape index (κ1) is 22.1. The van der Waals surface area contributed by atoms with Gasteiger partial charge in [-0.25, -0.2) is 0 Å². The number of rotatable bonds is 11. The van der Waals surface area contributed by atoms with Gasteiger partial charge in [0.2, 0.25) is 11.8 Å². The van der Waals surface area contributed by atoms with Crippen LogP contribution in [0.1, 0.15) is 64.7 Å². The van der Waals surface area contributed by atoms with E-state index in [0.29, 0.717) is 19.5 Å². The third-order valence-corrected chi connectivity index (χ3v) is 5.51. The molecule has 0 bridgehead atoms. The maximum absolute atomic E-state index is 12.3. The Kier molecular flexibility index (Phi) is 9.17. The van der Waals surface area contributed by atoms with E-state index in [2.05, 4.69) is 10.6 Å².